The van der Waals surface area contributed by atoms with Crippen LogP contribution >= 0.6 is 0 Å². The van der Waals surface area contributed by atoms with Gasteiger partial charge in [0.1, 0.15) is 5.75 Å². The lowest BCUT2D eigenvalue weighted by Crippen LogP contribution is -2.41. The van der Waals surface area contributed by atoms with Crippen molar-refractivity contribution >= 4 is 6.03 Å². The Morgan fingerprint density at radius 3 is 2.78 bits per heavy atom. The van der Waals surface area contributed by atoms with Gasteiger partial charge in [0.15, 0.2) is 0 Å². The van der Waals surface area contributed by atoms with Crippen molar-refractivity contribution in [2.24, 2.45) is 0 Å². The molecule has 0 spiro atoms. The van der Waals surface area contributed by atoms with Crippen LogP contribution in [0.5, 0.6) is 5.75 Å². The van der Waals surface area contributed by atoms with Crippen molar-refractivity contribution in [2.75, 3.05) is 26.8 Å². The van der Waals surface area contributed by atoms with Gasteiger partial charge in [-0.25, -0.2) is 4.79 Å². The van der Waals surface area contributed by atoms with E-state index in [0.717, 1.165) is 11.3 Å². The maximum atomic E-state index is 11.8. The Kier molecular flexibility index (Phi) is 6.00. The lowest BCUT2D eigenvalue weighted by Gasteiger charge is -2.20. The van der Waals surface area contributed by atoms with Gasteiger partial charge < -0.3 is 20.1 Å². The largest absolute Gasteiger partial charge is 0.496 e. The van der Waals surface area contributed by atoms with Gasteiger partial charge in [0, 0.05) is 25.2 Å². The minimum absolute atomic E-state index is 0.0318. The van der Waals surface area contributed by atoms with Crippen molar-refractivity contribution in [3.8, 4) is 5.75 Å². The molecule has 1 rings (SSSR count). The molecule has 0 saturated carbocycles. The van der Waals surface area contributed by atoms with Crippen molar-refractivity contribution in [3.63, 3.8) is 0 Å². The van der Waals surface area contributed by atoms with Gasteiger partial charge in [0.05, 0.1) is 13.7 Å². The van der Waals surface area contributed by atoms with Crippen LogP contribution in [0.15, 0.2) is 24.3 Å². The Balaban J connectivity index is 2.56. The minimum atomic E-state index is -0.183. The molecular weight excluding hydrogens is 232 g/mol. The number of hydrogen-bond donors (Lipinski definition) is 2. The van der Waals surface area contributed by atoms with Gasteiger partial charge in [0.2, 0.25) is 0 Å². The first kappa shape index (κ1) is 14.3. The molecule has 0 saturated heterocycles. The van der Waals surface area contributed by atoms with E-state index >= 15 is 0 Å². The number of benzene rings is 1. The molecule has 1 aromatic carbocycles. The molecule has 1 aromatic rings. The van der Waals surface area contributed by atoms with Crippen molar-refractivity contribution in [2.45, 2.75) is 13.5 Å². The molecule has 0 aliphatic heterocycles. The average Bonchev–Trinajstić information content (AvgIpc) is 2.42. The molecule has 5 nitrogen and oxygen atoms in total. The molecule has 0 radical (unpaired) electrons. The lowest BCUT2D eigenvalue weighted by atomic mass is 10.2. The summed E-state index contributed by atoms with van der Waals surface area (Å²) in [7, 11) is 1.60. The maximum absolute atomic E-state index is 11.8. The molecule has 0 bridgehead atoms. The van der Waals surface area contributed by atoms with E-state index < -0.39 is 0 Å². The molecule has 5 heteroatoms. The highest BCUT2D eigenvalue weighted by molar-refractivity contribution is 5.74. The summed E-state index contributed by atoms with van der Waals surface area (Å²) in [5.41, 5.74) is 0.924. The van der Waals surface area contributed by atoms with Crippen LogP contribution in [0.2, 0.25) is 0 Å². The predicted molar refractivity (Wildman–Crippen MR) is 69.6 cm³/mol. The third-order valence-electron chi connectivity index (χ3n) is 2.66. The number of rotatable bonds is 6. The number of aliphatic hydroxyl groups is 1. The van der Waals surface area contributed by atoms with E-state index in [1.54, 1.807) is 12.0 Å². The molecule has 0 fully saturated rings. The van der Waals surface area contributed by atoms with E-state index in [9.17, 15) is 4.79 Å². The fourth-order valence-electron chi connectivity index (χ4n) is 1.66. The first-order valence-electron chi connectivity index (χ1n) is 5.98. The predicted octanol–water partition coefficient (Wildman–Crippen LogP) is 1.22. The van der Waals surface area contributed by atoms with Crippen LogP contribution in [-0.2, 0) is 6.54 Å². The quantitative estimate of drug-likeness (QED) is 0.800. The second-order valence-corrected chi connectivity index (χ2v) is 3.77. The Morgan fingerprint density at radius 1 is 1.44 bits per heavy atom. The number of methoxy groups -OCH3 is 1. The van der Waals surface area contributed by atoms with E-state index in [4.69, 9.17) is 9.84 Å². The molecule has 0 atom stereocenters. The molecule has 100 valence electrons. The van der Waals surface area contributed by atoms with Gasteiger partial charge >= 0.3 is 6.03 Å². The normalized spacial score (nSPS) is 9.94. The highest BCUT2D eigenvalue weighted by Crippen LogP contribution is 2.16. The number of carbonyl (C=O) groups excluding carboxylic acids is 1. The van der Waals surface area contributed by atoms with Crippen molar-refractivity contribution < 1.29 is 14.6 Å². The number of carbonyl (C=O) groups is 1. The first-order chi connectivity index (χ1) is 8.72. The monoisotopic (exact) mass is 252 g/mol. The zero-order valence-electron chi connectivity index (χ0n) is 10.8. The maximum Gasteiger partial charge on any atom is 0.317 e. The van der Waals surface area contributed by atoms with Crippen LogP contribution in [0.25, 0.3) is 0 Å². The van der Waals surface area contributed by atoms with Crippen LogP contribution < -0.4 is 10.1 Å². The molecular formula is C13H20N2O3. The molecule has 0 unspecified atom stereocenters. The zero-order chi connectivity index (χ0) is 13.4. The Bertz CT molecular complexity index is 382. The number of aliphatic hydroxyl groups excluding tert-OH is 1. The SMILES string of the molecule is CCN(CCO)C(=O)NCc1ccccc1OC. The molecule has 18 heavy (non-hydrogen) atoms. The van der Waals surface area contributed by atoms with Gasteiger partial charge in [-0.15, -0.1) is 0 Å². The van der Waals surface area contributed by atoms with Crippen molar-refractivity contribution in [3.05, 3.63) is 29.8 Å². The fraction of sp³-hybridized carbons (Fsp3) is 0.462. The summed E-state index contributed by atoms with van der Waals surface area (Å²) in [6, 6.07) is 7.36. The van der Waals surface area contributed by atoms with E-state index in [1.165, 1.54) is 0 Å². The van der Waals surface area contributed by atoms with Crippen LogP contribution in [0.1, 0.15) is 12.5 Å². The second-order valence-electron chi connectivity index (χ2n) is 3.77. The summed E-state index contributed by atoms with van der Waals surface area (Å²) in [4.78, 5) is 13.4. The topological polar surface area (TPSA) is 61.8 Å². The van der Waals surface area contributed by atoms with Crippen molar-refractivity contribution in [1.29, 1.82) is 0 Å². The molecule has 2 amide bonds. The summed E-state index contributed by atoms with van der Waals surface area (Å²) in [6.07, 6.45) is 0. The first-order valence-corrected chi connectivity index (χ1v) is 5.98. The highest BCUT2D eigenvalue weighted by atomic mass is 16.5. The molecule has 0 heterocycles. The molecule has 0 aliphatic carbocycles. The van der Waals surface area contributed by atoms with E-state index in [2.05, 4.69) is 5.32 Å². The number of para-hydroxylation sites is 1. The third kappa shape index (κ3) is 3.92. The van der Waals surface area contributed by atoms with E-state index in [1.807, 2.05) is 31.2 Å². The summed E-state index contributed by atoms with van der Waals surface area (Å²) in [5, 5.41) is 11.6. The standard InChI is InChI=1S/C13H20N2O3/c1-3-15(8-9-16)13(17)14-10-11-6-4-5-7-12(11)18-2/h4-7,16H,3,8-10H2,1-2H3,(H,14,17). The number of ether oxygens (including phenoxy) is 1. The van der Waals surface area contributed by atoms with Gasteiger partial charge in [-0.05, 0) is 13.0 Å². The molecule has 2 N–H and O–H groups in total. The number of likely N-dealkylation sites (N-methyl/N-ethyl adjacent to an activating group) is 1. The minimum Gasteiger partial charge on any atom is -0.496 e. The number of nitrogens with zero attached hydrogens (tertiary/aromatic N) is 1. The van der Waals surface area contributed by atoms with Gasteiger partial charge in [0.25, 0.3) is 0 Å². The summed E-state index contributed by atoms with van der Waals surface area (Å²) in [6.45, 7) is 3.16. The summed E-state index contributed by atoms with van der Waals surface area (Å²) >= 11 is 0. The van der Waals surface area contributed by atoms with Gasteiger partial charge in [-0.2, -0.15) is 0 Å². The van der Waals surface area contributed by atoms with Gasteiger partial charge in [-0.1, -0.05) is 18.2 Å². The Labute approximate surface area is 107 Å². The Hall–Kier alpha value is -1.75. The van der Waals surface area contributed by atoms with Crippen LogP contribution in [-0.4, -0.2) is 42.8 Å². The summed E-state index contributed by atoms with van der Waals surface area (Å²) < 4.78 is 5.21. The number of amides is 2. The zero-order valence-corrected chi connectivity index (χ0v) is 10.8. The van der Waals surface area contributed by atoms with Crippen LogP contribution in [0.3, 0.4) is 0 Å². The Morgan fingerprint density at radius 2 is 2.17 bits per heavy atom. The van der Waals surface area contributed by atoms with Crippen LogP contribution in [0.4, 0.5) is 4.79 Å². The van der Waals surface area contributed by atoms with E-state index in [0.29, 0.717) is 19.6 Å². The molecule has 0 aromatic heterocycles. The average molecular weight is 252 g/mol. The molecule has 0 aliphatic rings. The second kappa shape index (κ2) is 7.55. The fourth-order valence-corrected chi connectivity index (χ4v) is 1.66. The highest BCUT2D eigenvalue weighted by Gasteiger charge is 2.10. The number of nitrogens with one attached hydrogen (secondary N) is 1. The summed E-state index contributed by atoms with van der Waals surface area (Å²) in [5.74, 6) is 0.753. The van der Waals surface area contributed by atoms with Gasteiger partial charge in [-0.3, -0.25) is 0 Å². The van der Waals surface area contributed by atoms with E-state index in [-0.39, 0.29) is 12.6 Å². The van der Waals surface area contributed by atoms with Crippen LogP contribution in [0, 0.1) is 0 Å². The van der Waals surface area contributed by atoms with Crippen molar-refractivity contribution in [1.82, 2.24) is 10.2 Å². The third-order valence-corrected chi connectivity index (χ3v) is 2.66. The number of urea groups is 1. The lowest BCUT2D eigenvalue weighted by molar-refractivity contribution is 0.180. The smallest absolute Gasteiger partial charge is 0.317 e. The number of hydrogen-bond acceptors (Lipinski definition) is 3.